The lowest BCUT2D eigenvalue weighted by molar-refractivity contribution is -0.137. The van der Waals surface area contributed by atoms with E-state index in [1.165, 1.54) is 4.90 Å². The second-order valence-corrected chi connectivity index (χ2v) is 7.64. The fourth-order valence-corrected chi connectivity index (χ4v) is 3.89. The maximum absolute atomic E-state index is 12.9. The molecule has 2 aromatic rings. The van der Waals surface area contributed by atoms with Crippen molar-refractivity contribution < 1.29 is 23.9 Å². The molecule has 0 bridgehead atoms. The van der Waals surface area contributed by atoms with Crippen LogP contribution >= 0.6 is 0 Å². The summed E-state index contributed by atoms with van der Waals surface area (Å²) in [6, 6.07) is 12.0. The summed E-state index contributed by atoms with van der Waals surface area (Å²) < 4.78 is 5.68. The maximum atomic E-state index is 12.9. The van der Waals surface area contributed by atoms with Gasteiger partial charge in [0, 0.05) is 29.8 Å². The van der Waals surface area contributed by atoms with Gasteiger partial charge in [0.15, 0.2) is 0 Å². The third-order valence-corrected chi connectivity index (χ3v) is 5.54. The first-order valence-corrected chi connectivity index (χ1v) is 10.2. The SMILES string of the molecule is Cc1ccccc1OCCC(=O)Nc1cccc2c1CN(C1CCC(=O)NC1=O)C2=O. The molecule has 2 aromatic carbocycles. The van der Waals surface area contributed by atoms with Gasteiger partial charge in [0.2, 0.25) is 17.7 Å². The number of hydrogen-bond donors (Lipinski definition) is 2. The molecule has 1 unspecified atom stereocenters. The number of imide groups is 1. The minimum absolute atomic E-state index is 0.156. The van der Waals surface area contributed by atoms with Crippen LogP contribution in [0.25, 0.3) is 0 Å². The van der Waals surface area contributed by atoms with Gasteiger partial charge in [0.25, 0.3) is 5.91 Å². The number of aryl methyl sites for hydroxylation is 1. The van der Waals surface area contributed by atoms with Gasteiger partial charge in [0.1, 0.15) is 11.8 Å². The molecule has 0 radical (unpaired) electrons. The summed E-state index contributed by atoms with van der Waals surface area (Å²) in [4.78, 5) is 50.4. The smallest absolute Gasteiger partial charge is 0.255 e. The third kappa shape index (κ3) is 4.28. The highest BCUT2D eigenvalue weighted by molar-refractivity contribution is 6.06. The number of benzene rings is 2. The van der Waals surface area contributed by atoms with E-state index in [-0.39, 0.29) is 43.7 Å². The Morgan fingerprint density at radius 1 is 1.16 bits per heavy atom. The lowest BCUT2D eigenvalue weighted by Gasteiger charge is -2.29. The lowest BCUT2D eigenvalue weighted by Crippen LogP contribution is -2.52. The molecule has 0 spiro atoms. The zero-order valence-electron chi connectivity index (χ0n) is 17.1. The number of piperidine rings is 1. The molecule has 4 amide bonds. The van der Waals surface area contributed by atoms with E-state index in [1.54, 1.807) is 18.2 Å². The minimum atomic E-state index is -0.691. The molecular formula is C23H23N3O5. The number of amides is 4. The lowest BCUT2D eigenvalue weighted by atomic mass is 10.0. The molecule has 2 aliphatic rings. The Morgan fingerprint density at radius 2 is 1.97 bits per heavy atom. The molecule has 160 valence electrons. The zero-order valence-corrected chi connectivity index (χ0v) is 17.1. The Morgan fingerprint density at radius 3 is 2.74 bits per heavy atom. The topological polar surface area (TPSA) is 105 Å². The van der Waals surface area contributed by atoms with Crippen molar-refractivity contribution in [2.45, 2.75) is 38.8 Å². The molecule has 4 rings (SSSR count). The Kier molecular flexibility index (Phi) is 5.70. The number of anilines is 1. The summed E-state index contributed by atoms with van der Waals surface area (Å²) in [5, 5.41) is 5.14. The molecule has 2 aliphatic heterocycles. The van der Waals surface area contributed by atoms with Gasteiger partial charge in [0.05, 0.1) is 13.0 Å². The number of fused-ring (bicyclic) bond motifs is 1. The predicted octanol–water partition coefficient (Wildman–Crippen LogP) is 2.16. The van der Waals surface area contributed by atoms with Crippen LogP contribution in [0, 0.1) is 6.92 Å². The standard InChI is InChI=1S/C23H23N3O5/c1-14-5-2-3-8-19(14)31-12-11-21(28)24-17-7-4-6-15-16(17)13-26(23(15)30)18-9-10-20(27)25-22(18)29/h2-8,18H,9-13H2,1H3,(H,24,28)(H,25,27,29). The monoisotopic (exact) mass is 421 g/mol. The highest BCUT2D eigenvalue weighted by atomic mass is 16.5. The number of rotatable bonds is 6. The molecule has 8 heteroatoms. The van der Waals surface area contributed by atoms with Gasteiger partial charge in [-0.15, -0.1) is 0 Å². The Balaban J connectivity index is 1.40. The molecule has 0 aliphatic carbocycles. The van der Waals surface area contributed by atoms with Crippen molar-refractivity contribution in [3.05, 3.63) is 59.2 Å². The minimum Gasteiger partial charge on any atom is -0.493 e. The number of carbonyl (C=O) groups is 4. The van der Waals surface area contributed by atoms with Gasteiger partial charge in [-0.05, 0) is 37.1 Å². The van der Waals surface area contributed by atoms with E-state index in [1.807, 2.05) is 31.2 Å². The number of nitrogens with zero attached hydrogens (tertiary/aromatic N) is 1. The van der Waals surface area contributed by atoms with E-state index in [0.29, 0.717) is 23.2 Å². The van der Waals surface area contributed by atoms with E-state index in [2.05, 4.69) is 10.6 Å². The van der Waals surface area contributed by atoms with E-state index in [0.717, 1.165) is 11.3 Å². The highest BCUT2D eigenvalue weighted by Crippen LogP contribution is 2.32. The second-order valence-electron chi connectivity index (χ2n) is 7.64. The molecule has 1 saturated heterocycles. The van der Waals surface area contributed by atoms with E-state index in [9.17, 15) is 19.2 Å². The van der Waals surface area contributed by atoms with Crippen molar-refractivity contribution in [2.75, 3.05) is 11.9 Å². The number of ether oxygens (including phenoxy) is 1. The molecule has 8 nitrogen and oxygen atoms in total. The Bertz CT molecular complexity index is 1060. The predicted molar refractivity (Wildman–Crippen MR) is 112 cm³/mol. The summed E-state index contributed by atoms with van der Waals surface area (Å²) in [5.74, 6) is -0.554. The summed E-state index contributed by atoms with van der Waals surface area (Å²) in [6.45, 7) is 2.37. The van der Waals surface area contributed by atoms with Crippen LogP contribution in [-0.4, -0.2) is 41.2 Å². The maximum Gasteiger partial charge on any atom is 0.255 e. The molecule has 1 fully saturated rings. The van der Waals surface area contributed by atoms with Crippen LogP contribution in [0.3, 0.4) is 0 Å². The molecule has 2 N–H and O–H groups in total. The average molecular weight is 421 g/mol. The van der Waals surface area contributed by atoms with E-state index in [4.69, 9.17) is 4.74 Å². The highest BCUT2D eigenvalue weighted by Gasteiger charge is 2.39. The largest absolute Gasteiger partial charge is 0.493 e. The van der Waals surface area contributed by atoms with Crippen molar-refractivity contribution >= 4 is 29.3 Å². The van der Waals surface area contributed by atoms with Gasteiger partial charge >= 0.3 is 0 Å². The van der Waals surface area contributed by atoms with Crippen LogP contribution in [0.2, 0.25) is 0 Å². The van der Waals surface area contributed by atoms with Crippen LogP contribution in [0.15, 0.2) is 42.5 Å². The molecular weight excluding hydrogens is 398 g/mol. The molecule has 0 saturated carbocycles. The van der Waals surface area contributed by atoms with Crippen LogP contribution in [0.1, 0.15) is 40.7 Å². The first kappa shape index (κ1) is 20.6. The number of hydrogen-bond acceptors (Lipinski definition) is 5. The van der Waals surface area contributed by atoms with Crippen LogP contribution in [0.5, 0.6) is 5.75 Å². The number of para-hydroxylation sites is 1. The van der Waals surface area contributed by atoms with Crippen molar-refractivity contribution in [3.8, 4) is 5.75 Å². The zero-order chi connectivity index (χ0) is 22.0. The van der Waals surface area contributed by atoms with Crippen LogP contribution < -0.4 is 15.4 Å². The fraction of sp³-hybridized carbons (Fsp3) is 0.304. The van der Waals surface area contributed by atoms with Crippen LogP contribution in [0.4, 0.5) is 5.69 Å². The van der Waals surface area contributed by atoms with Crippen molar-refractivity contribution in [2.24, 2.45) is 0 Å². The van der Waals surface area contributed by atoms with Crippen LogP contribution in [-0.2, 0) is 20.9 Å². The van der Waals surface area contributed by atoms with Crippen molar-refractivity contribution in [3.63, 3.8) is 0 Å². The van der Waals surface area contributed by atoms with Gasteiger partial charge in [-0.2, -0.15) is 0 Å². The van der Waals surface area contributed by atoms with E-state index < -0.39 is 11.9 Å². The molecule has 0 aromatic heterocycles. The first-order chi connectivity index (χ1) is 14.9. The van der Waals surface area contributed by atoms with E-state index >= 15 is 0 Å². The molecule has 1 atom stereocenters. The van der Waals surface area contributed by atoms with Gasteiger partial charge in [-0.3, -0.25) is 24.5 Å². The van der Waals surface area contributed by atoms with Crippen molar-refractivity contribution in [1.82, 2.24) is 10.2 Å². The summed E-state index contributed by atoms with van der Waals surface area (Å²) in [7, 11) is 0. The average Bonchev–Trinajstić information content (AvgIpc) is 3.07. The fourth-order valence-electron chi connectivity index (χ4n) is 3.89. The third-order valence-electron chi connectivity index (χ3n) is 5.54. The Hall–Kier alpha value is -3.68. The van der Waals surface area contributed by atoms with Gasteiger partial charge in [-0.1, -0.05) is 24.3 Å². The summed E-state index contributed by atoms with van der Waals surface area (Å²) in [5.41, 5.74) is 2.67. The molecule has 31 heavy (non-hydrogen) atoms. The van der Waals surface area contributed by atoms with Crippen molar-refractivity contribution in [1.29, 1.82) is 0 Å². The number of nitrogens with one attached hydrogen (secondary N) is 2. The summed E-state index contributed by atoms with van der Waals surface area (Å²) >= 11 is 0. The Labute approximate surface area is 179 Å². The second kappa shape index (κ2) is 8.59. The molecule has 2 heterocycles. The number of carbonyl (C=O) groups excluding carboxylic acids is 4. The van der Waals surface area contributed by atoms with Gasteiger partial charge in [-0.25, -0.2) is 0 Å². The quantitative estimate of drug-likeness (QED) is 0.696. The summed E-state index contributed by atoms with van der Waals surface area (Å²) in [6.07, 6.45) is 0.645. The van der Waals surface area contributed by atoms with Gasteiger partial charge < -0.3 is 15.0 Å². The normalized spacial score (nSPS) is 17.9. The first-order valence-electron chi connectivity index (χ1n) is 10.2.